The lowest BCUT2D eigenvalue weighted by molar-refractivity contribution is -0.167. The van der Waals surface area contributed by atoms with Crippen LogP contribution in [0.25, 0.3) is 0 Å². The Morgan fingerprint density at radius 3 is 2.37 bits per heavy atom. The molecule has 1 atom stereocenters. The van der Waals surface area contributed by atoms with Crippen molar-refractivity contribution in [2.45, 2.75) is 58.3 Å². The van der Waals surface area contributed by atoms with Crippen LogP contribution >= 0.6 is 0 Å². The van der Waals surface area contributed by atoms with Crippen LogP contribution in [0.15, 0.2) is 30.3 Å². The number of likely N-dealkylation sites (tertiary alicyclic amines) is 1. The highest BCUT2D eigenvalue weighted by atomic mass is 16.5. The van der Waals surface area contributed by atoms with Crippen molar-refractivity contribution < 1.29 is 19.4 Å². The lowest BCUT2D eigenvalue weighted by atomic mass is 9.89. The molecular formula is C21H30N2O4. The van der Waals surface area contributed by atoms with Crippen molar-refractivity contribution in [3.8, 4) is 0 Å². The number of carbonyl (C=O) groups is 2. The van der Waals surface area contributed by atoms with Crippen LogP contribution in [0.1, 0.15) is 45.6 Å². The zero-order valence-electron chi connectivity index (χ0n) is 16.5. The molecule has 1 aromatic carbocycles. The van der Waals surface area contributed by atoms with Gasteiger partial charge in [-0.1, -0.05) is 51.1 Å². The first-order valence-electron chi connectivity index (χ1n) is 9.65. The summed E-state index contributed by atoms with van der Waals surface area (Å²) in [7, 11) is 0. The fourth-order valence-corrected chi connectivity index (χ4v) is 4.07. The average molecular weight is 374 g/mol. The monoisotopic (exact) mass is 374 g/mol. The van der Waals surface area contributed by atoms with E-state index >= 15 is 0 Å². The molecule has 0 radical (unpaired) electrons. The van der Waals surface area contributed by atoms with Crippen LogP contribution < -0.4 is 0 Å². The van der Waals surface area contributed by atoms with Gasteiger partial charge in [0.05, 0.1) is 6.61 Å². The maximum atomic E-state index is 13.0. The lowest BCUT2D eigenvalue weighted by Gasteiger charge is -2.45. The number of carboxylic acids is 1. The normalized spacial score (nSPS) is 22.9. The van der Waals surface area contributed by atoms with Gasteiger partial charge in [-0.2, -0.15) is 0 Å². The molecule has 1 aromatic rings. The van der Waals surface area contributed by atoms with E-state index in [0.29, 0.717) is 19.3 Å². The van der Waals surface area contributed by atoms with E-state index < -0.39 is 17.7 Å². The molecule has 0 aliphatic carbocycles. The van der Waals surface area contributed by atoms with E-state index in [1.807, 2.05) is 39.0 Å². The van der Waals surface area contributed by atoms with E-state index in [4.69, 9.17) is 4.74 Å². The van der Waals surface area contributed by atoms with Gasteiger partial charge in [-0.25, -0.2) is 4.79 Å². The number of benzene rings is 1. The summed E-state index contributed by atoms with van der Waals surface area (Å²) in [4.78, 5) is 28.6. The van der Waals surface area contributed by atoms with Gasteiger partial charge in [0.15, 0.2) is 6.04 Å². The first-order chi connectivity index (χ1) is 12.7. The van der Waals surface area contributed by atoms with Gasteiger partial charge in [-0.05, 0) is 11.0 Å². The number of aliphatic carboxylic acids is 1. The fourth-order valence-electron chi connectivity index (χ4n) is 4.07. The third-order valence-electron chi connectivity index (χ3n) is 5.38. The van der Waals surface area contributed by atoms with Crippen LogP contribution in [0.4, 0.5) is 0 Å². The summed E-state index contributed by atoms with van der Waals surface area (Å²) < 4.78 is 6.00. The molecule has 148 valence electrons. The standard InChI is InChI=1S/C21H30N2O4/c1-20(2,3)13-18(24)23-17(19(25)26)15-27-21(23)9-11-22(12-10-21)14-16-7-5-4-6-8-16/h4-8,17H,9-15H2,1-3H3,(H,25,26)/t17-/m0/s1. The van der Waals surface area contributed by atoms with Crippen molar-refractivity contribution in [3.05, 3.63) is 35.9 Å². The van der Waals surface area contributed by atoms with E-state index in [1.165, 1.54) is 5.56 Å². The van der Waals surface area contributed by atoms with Gasteiger partial charge in [0.25, 0.3) is 0 Å². The highest BCUT2D eigenvalue weighted by molar-refractivity contribution is 5.85. The predicted octanol–water partition coefficient (Wildman–Crippen LogP) is 2.73. The molecule has 3 rings (SSSR count). The number of piperidine rings is 1. The van der Waals surface area contributed by atoms with Gasteiger partial charge >= 0.3 is 5.97 Å². The molecule has 6 heteroatoms. The minimum Gasteiger partial charge on any atom is -0.480 e. The number of hydrogen-bond acceptors (Lipinski definition) is 4. The molecule has 6 nitrogen and oxygen atoms in total. The lowest BCUT2D eigenvalue weighted by Crippen LogP contribution is -2.58. The first-order valence-corrected chi connectivity index (χ1v) is 9.65. The average Bonchev–Trinajstić information content (AvgIpc) is 2.96. The van der Waals surface area contributed by atoms with Crippen LogP contribution in [0.2, 0.25) is 0 Å². The summed E-state index contributed by atoms with van der Waals surface area (Å²) in [6.45, 7) is 8.46. The molecule has 0 bridgehead atoms. The first kappa shape index (κ1) is 19.8. The highest BCUT2D eigenvalue weighted by Crippen LogP contribution is 2.39. The Balaban J connectivity index is 1.72. The van der Waals surface area contributed by atoms with Crippen molar-refractivity contribution in [1.29, 1.82) is 0 Å². The summed E-state index contributed by atoms with van der Waals surface area (Å²) in [5.41, 5.74) is 0.279. The van der Waals surface area contributed by atoms with Crippen molar-refractivity contribution in [1.82, 2.24) is 9.80 Å². The van der Waals surface area contributed by atoms with E-state index in [9.17, 15) is 14.7 Å². The smallest absolute Gasteiger partial charge is 0.328 e. The number of hydrogen-bond donors (Lipinski definition) is 1. The van der Waals surface area contributed by atoms with Gasteiger partial charge in [-0.3, -0.25) is 14.6 Å². The molecule has 2 fully saturated rings. The summed E-state index contributed by atoms with van der Waals surface area (Å²) in [6, 6.07) is 9.40. The molecule has 2 aliphatic rings. The number of carboxylic acid groups (broad SMARTS) is 1. The number of carbonyl (C=O) groups excluding carboxylic acids is 1. The molecule has 2 saturated heterocycles. The Morgan fingerprint density at radius 1 is 1.19 bits per heavy atom. The summed E-state index contributed by atoms with van der Waals surface area (Å²) >= 11 is 0. The Morgan fingerprint density at radius 2 is 1.81 bits per heavy atom. The molecule has 1 amide bonds. The van der Waals surface area contributed by atoms with Crippen molar-refractivity contribution in [3.63, 3.8) is 0 Å². The molecule has 1 spiro atoms. The van der Waals surface area contributed by atoms with E-state index in [-0.39, 0.29) is 17.9 Å². The van der Waals surface area contributed by atoms with Gasteiger partial charge in [-0.15, -0.1) is 0 Å². The van der Waals surface area contributed by atoms with Gasteiger partial charge in [0.1, 0.15) is 5.72 Å². The second-order valence-corrected chi connectivity index (χ2v) is 8.87. The highest BCUT2D eigenvalue weighted by Gasteiger charge is 2.53. The SMILES string of the molecule is CC(C)(C)CC(=O)N1[C@H](C(=O)O)COC12CCN(Cc1ccccc1)CC2. The van der Waals surface area contributed by atoms with Crippen LogP contribution in [0.5, 0.6) is 0 Å². The Labute approximate surface area is 161 Å². The van der Waals surface area contributed by atoms with Crippen molar-refractivity contribution in [2.24, 2.45) is 5.41 Å². The van der Waals surface area contributed by atoms with Crippen molar-refractivity contribution in [2.75, 3.05) is 19.7 Å². The molecule has 1 N–H and O–H groups in total. The third kappa shape index (κ3) is 4.50. The van der Waals surface area contributed by atoms with E-state index in [0.717, 1.165) is 19.6 Å². The van der Waals surface area contributed by atoms with Gasteiger partial charge < -0.3 is 9.84 Å². The summed E-state index contributed by atoms with van der Waals surface area (Å²) in [5, 5.41) is 9.61. The number of amides is 1. The second-order valence-electron chi connectivity index (χ2n) is 8.87. The predicted molar refractivity (Wildman–Crippen MR) is 102 cm³/mol. The fraction of sp³-hybridized carbons (Fsp3) is 0.619. The quantitative estimate of drug-likeness (QED) is 0.878. The second kappa shape index (κ2) is 7.60. The summed E-state index contributed by atoms with van der Waals surface area (Å²) in [5.74, 6) is -1.11. The van der Waals surface area contributed by atoms with Crippen LogP contribution in [0, 0.1) is 5.41 Å². The molecular weight excluding hydrogens is 344 g/mol. The number of nitrogens with zero attached hydrogens (tertiary/aromatic N) is 2. The van der Waals surface area contributed by atoms with Gasteiger partial charge in [0, 0.05) is 38.9 Å². The van der Waals surface area contributed by atoms with Crippen LogP contribution in [-0.4, -0.2) is 58.2 Å². The Hall–Kier alpha value is -1.92. The van der Waals surface area contributed by atoms with E-state index in [1.54, 1.807) is 4.90 Å². The molecule has 2 aliphatic heterocycles. The molecule has 0 saturated carbocycles. The number of rotatable bonds is 4. The molecule has 0 aromatic heterocycles. The van der Waals surface area contributed by atoms with Crippen LogP contribution in [0.3, 0.4) is 0 Å². The zero-order valence-corrected chi connectivity index (χ0v) is 16.5. The van der Waals surface area contributed by atoms with E-state index in [2.05, 4.69) is 17.0 Å². The number of ether oxygens (including phenoxy) is 1. The van der Waals surface area contributed by atoms with Crippen molar-refractivity contribution >= 4 is 11.9 Å². The minimum atomic E-state index is -0.985. The molecule has 0 unspecified atom stereocenters. The summed E-state index contributed by atoms with van der Waals surface area (Å²) in [6.07, 6.45) is 1.59. The Bertz CT molecular complexity index is 675. The molecule has 2 heterocycles. The van der Waals surface area contributed by atoms with Gasteiger partial charge in [0.2, 0.25) is 5.91 Å². The largest absolute Gasteiger partial charge is 0.480 e. The maximum Gasteiger partial charge on any atom is 0.328 e. The van der Waals surface area contributed by atoms with Crippen LogP contribution in [-0.2, 0) is 20.9 Å². The minimum absolute atomic E-state index is 0.0733. The zero-order chi connectivity index (χ0) is 19.7. The Kier molecular flexibility index (Phi) is 5.58. The third-order valence-corrected chi connectivity index (χ3v) is 5.38. The molecule has 27 heavy (non-hydrogen) atoms. The maximum absolute atomic E-state index is 13.0. The topological polar surface area (TPSA) is 70.1 Å².